The van der Waals surface area contributed by atoms with E-state index in [0.717, 1.165) is 0 Å². The van der Waals surface area contributed by atoms with E-state index in [2.05, 4.69) is 6.92 Å². The average Bonchev–Trinajstić information content (AvgIpc) is 2.03. The molecular formula is C5H18OSi4. The molecule has 1 atom stereocenters. The minimum Gasteiger partial charge on any atom is -0.432 e. The first-order chi connectivity index (χ1) is 4.93. The van der Waals surface area contributed by atoms with Gasteiger partial charge in [0.2, 0.25) is 0 Å². The highest BCUT2D eigenvalue weighted by Gasteiger charge is 2.15. The van der Waals surface area contributed by atoms with E-state index in [1.165, 1.54) is 19.1 Å². The molecule has 5 heteroatoms. The van der Waals surface area contributed by atoms with Crippen LogP contribution in [0.5, 0.6) is 0 Å². The number of rotatable bonds is 3. The summed E-state index contributed by atoms with van der Waals surface area (Å²) in [6, 6.07) is 1.64. The third-order valence-corrected chi connectivity index (χ3v) is 38.6. The van der Waals surface area contributed by atoms with Gasteiger partial charge in [0.25, 0.3) is 0 Å². The molecule has 0 aliphatic carbocycles. The first kappa shape index (κ1) is 8.92. The maximum absolute atomic E-state index is 5.68. The molecule has 0 amide bonds. The van der Waals surface area contributed by atoms with Crippen LogP contribution in [0.1, 0.15) is 19.8 Å². The highest BCUT2D eigenvalue weighted by molar-refractivity contribution is 7.48. The van der Waals surface area contributed by atoms with Crippen molar-refractivity contribution in [1.29, 1.82) is 0 Å². The van der Waals surface area contributed by atoms with Gasteiger partial charge in [-0.15, -0.1) is 0 Å². The number of hydrogen-bond acceptors (Lipinski definition) is 1. The van der Waals surface area contributed by atoms with Crippen molar-refractivity contribution in [1.82, 2.24) is 0 Å². The molecule has 1 aliphatic rings. The predicted octanol–water partition coefficient (Wildman–Crippen LogP) is -1.67. The van der Waals surface area contributed by atoms with Crippen LogP contribution in [0.3, 0.4) is 0 Å². The predicted molar refractivity (Wildman–Crippen MR) is 58.4 cm³/mol. The van der Waals surface area contributed by atoms with Crippen molar-refractivity contribution in [2.75, 3.05) is 6.23 Å². The van der Waals surface area contributed by atoms with Crippen LogP contribution in [0.2, 0.25) is 6.04 Å². The van der Waals surface area contributed by atoms with Gasteiger partial charge in [0.1, 0.15) is 9.28 Å². The number of unbranched alkanes of at least 4 members (excludes halogenated alkanes) is 1. The van der Waals surface area contributed by atoms with Gasteiger partial charge in [-0.05, 0) is 0 Å². The second kappa shape index (κ2) is 5.47. The summed E-state index contributed by atoms with van der Waals surface area (Å²) < 4.78 is 5.68. The van der Waals surface area contributed by atoms with Crippen molar-refractivity contribution in [2.45, 2.75) is 25.8 Å². The summed E-state index contributed by atoms with van der Waals surface area (Å²) in [7, 11) is 1.23. The van der Waals surface area contributed by atoms with Gasteiger partial charge in [-0.25, -0.2) is 0 Å². The molecule has 0 N–H and O–H groups in total. The van der Waals surface area contributed by atoms with E-state index in [1.54, 1.807) is 6.04 Å². The van der Waals surface area contributed by atoms with Crippen molar-refractivity contribution in [3.63, 3.8) is 0 Å². The third-order valence-electron chi connectivity index (χ3n) is 2.22. The van der Waals surface area contributed by atoms with Crippen molar-refractivity contribution in [2.24, 2.45) is 0 Å². The molecule has 1 aliphatic heterocycles. The van der Waals surface area contributed by atoms with Gasteiger partial charge in [0.05, 0.1) is 8.31 Å². The zero-order valence-electron chi connectivity index (χ0n) is 6.94. The molecule has 1 unspecified atom stereocenters. The van der Waals surface area contributed by atoms with Crippen LogP contribution in [-0.2, 0) is 4.43 Å². The van der Waals surface area contributed by atoms with Gasteiger partial charge in [-0.3, -0.25) is 0 Å². The second-order valence-electron chi connectivity index (χ2n) is 3.23. The van der Waals surface area contributed by atoms with E-state index >= 15 is 0 Å². The van der Waals surface area contributed by atoms with Crippen molar-refractivity contribution >= 4 is 34.7 Å². The summed E-state index contributed by atoms with van der Waals surface area (Å²) in [4.78, 5) is 0. The quantitative estimate of drug-likeness (QED) is 0.502. The molecule has 0 radical (unpaired) electrons. The van der Waals surface area contributed by atoms with E-state index in [-0.39, 0.29) is 17.6 Å². The first-order valence-corrected chi connectivity index (χ1v) is 18.0. The Bertz CT molecular complexity index is 83.7. The standard InChI is InChI=1S/C5H18OSi4/c1-2-3-4-10-5-6-7-8-9-10/h10H,2-5,7-9H2,1H3. The summed E-state index contributed by atoms with van der Waals surface area (Å²) >= 11 is 0. The van der Waals surface area contributed by atoms with Crippen LogP contribution in [0.25, 0.3) is 0 Å². The first-order valence-electron chi connectivity index (χ1n) is 4.51. The van der Waals surface area contributed by atoms with E-state index in [1.807, 2.05) is 0 Å². The molecule has 10 heavy (non-hydrogen) atoms. The van der Waals surface area contributed by atoms with Gasteiger partial charge in [0.15, 0.2) is 0 Å². The molecule has 0 saturated carbocycles. The van der Waals surface area contributed by atoms with E-state index in [9.17, 15) is 0 Å². The molecule has 0 aromatic carbocycles. The smallest absolute Gasteiger partial charge is 0.139 e. The molecule has 0 spiro atoms. The fourth-order valence-electron chi connectivity index (χ4n) is 1.53. The Morgan fingerprint density at radius 2 is 2.50 bits per heavy atom. The molecule has 1 nitrogen and oxygen atoms in total. The lowest BCUT2D eigenvalue weighted by atomic mass is 10.4. The molecule has 1 heterocycles. The Morgan fingerprint density at radius 1 is 1.60 bits per heavy atom. The van der Waals surface area contributed by atoms with Gasteiger partial charge < -0.3 is 4.43 Å². The Morgan fingerprint density at radius 3 is 3.10 bits per heavy atom. The normalized spacial score (nSPS) is 33.9. The zero-order chi connectivity index (χ0) is 7.23. The third kappa shape index (κ3) is 3.29. The summed E-state index contributed by atoms with van der Waals surface area (Å²) in [6.45, 7) is 2.31. The zero-order valence-corrected chi connectivity index (χ0v) is 12.3. The maximum Gasteiger partial charge on any atom is 0.139 e. The van der Waals surface area contributed by atoms with E-state index in [0.29, 0.717) is 17.1 Å². The molecule has 0 aromatic rings. The van der Waals surface area contributed by atoms with Crippen LogP contribution in [0, 0.1) is 0 Å². The van der Waals surface area contributed by atoms with Crippen LogP contribution in [0.15, 0.2) is 0 Å². The summed E-state index contributed by atoms with van der Waals surface area (Å²) in [5.74, 6) is 0. The molecule has 0 aromatic heterocycles. The van der Waals surface area contributed by atoms with Crippen LogP contribution >= 0.6 is 0 Å². The highest BCUT2D eigenvalue weighted by Crippen LogP contribution is 2.02. The topological polar surface area (TPSA) is 9.23 Å². The largest absolute Gasteiger partial charge is 0.432 e. The molecule has 1 rings (SSSR count). The van der Waals surface area contributed by atoms with E-state index in [4.69, 9.17) is 4.43 Å². The van der Waals surface area contributed by atoms with Crippen LogP contribution in [0.4, 0.5) is 0 Å². The Kier molecular flexibility index (Phi) is 4.88. The van der Waals surface area contributed by atoms with Gasteiger partial charge >= 0.3 is 0 Å². The lowest BCUT2D eigenvalue weighted by molar-refractivity contribution is 0.417. The Labute approximate surface area is 71.5 Å². The SMILES string of the molecule is CCCC[SiH]1CO[SiH2][SiH2][SiH2]1. The van der Waals surface area contributed by atoms with Gasteiger partial charge in [-0.1, -0.05) is 25.8 Å². The monoisotopic (exact) mass is 206 g/mol. The molecule has 1 fully saturated rings. The van der Waals surface area contributed by atoms with Crippen LogP contribution < -0.4 is 0 Å². The fourth-order valence-corrected chi connectivity index (χ4v) is 46.9. The molecule has 60 valence electrons. The van der Waals surface area contributed by atoms with Gasteiger partial charge in [0, 0.05) is 23.3 Å². The molecule has 1 saturated heterocycles. The molecular weight excluding hydrogens is 188 g/mol. The van der Waals surface area contributed by atoms with E-state index < -0.39 is 0 Å². The minimum absolute atomic E-state index is 0.131. The summed E-state index contributed by atoms with van der Waals surface area (Å²) in [5, 5.41) is 0. The second-order valence-corrected chi connectivity index (χ2v) is 28.1. The molecule has 0 bridgehead atoms. The minimum atomic E-state index is -0.131. The average molecular weight is 207 g/mol. The maximum atomic E-state index is 5.68. The number of hydrogen-bond donors (Lipinski definition) is 0. The highest BCUT2D eigenvalue weighted by atomic mass is 29.7. The van der Waals surface area contributed by atoms with Crippen molar-refractivity contribution in [3.05, 3.63) is 0 Å². The van der Waals surface area contributed by atoms with Crippen LogP contribution in [-0.4, -0.2) is 40.9 Å². The Balaban J connectivity index is 2.02. The fraction of sp³-hybridized carbons (Fsp3) is 1.00. The Hall–Kier alpha value is 0.828. The van der Waals surface area contributed by atoms with Crippen molar-refractivity contribution < 1.29 is 4.43 Å². The van der Waals surface area contributed by atoms with Crippen molar-refractivity contribution in [3.8, 4) is 0 Å². The lowest BCUT2D eigenvalue weighted by Crippen LogP contribution is -2.41. The van der Waals surface area contributed by atoms with Gasteiger partial charge in [-0.2, -0.15) is 0 Å². The lowest BCUT2D eigenvalue weighted by Gasteiger charge is -2.19. The summed E-state index contributed by atoms with van der Waals surface area (Å²) in [6.07, 6.45) is 4.26. The summed E-state index contributed by atoms with van der Waals surface area (Å²) in [5.41, 5.74) is 0.